The van der Waals surface area contributed by atoms with Crippen LogP contribution in [0.1, 0.15) is 41.6 Å². The molecule has 1 saturated carbocycles. The topological polar surface area (TPSA) is 44.1 Å². The summed E-state index contributed by atoms with van der Waals surface area (Å²) in [6.45, 7) is 2.13. The lowest BCUT2D eigenvalue weighted by Crippen LogP contribution is -2.39. The summed E-state index contributed by atoms with van der Waals surface area (Å²) >= 11 is 0. The van der Waals surface area contributed by atoms with Crippen LogP contribution in [0.5, 0.6) is 0 Å². The van der Waals surface area contributed by atoms with Crippen LogP contribution >= 0.6 is 0 Å². The minimum atomic E-state index is 0.00144. The number of carbonyl (C=O) groups excluding carboxylic acids is 1. The molecule has 0 heterocycles. The number of amides is 1. The van der Waals surface area contributed by atoms with Crippen LogP contribution in [-0.4, -0.2) is 23.4 Å². The first-order valence-corrected chi connectivity index (χ1v) is 6.47. The minimum absolute atomic E-state index is 0.00144. The fraction of sp³-hybridized carbons (Fsp3) is 0.467. The number of nitrogens with zero attached hydrogens (tertiary/aromatic N) is 2. The van der Waals surface area contributed by atoms with E-state index in [2.05, 4.69) is 6.07 Å². The zero-order valence-corrected chi connectivity index (χ0v) is 10.7. The van der Waals surface area contributed by atoms with Gasteiger partial charge in [-0.15, -0.1) is 0 Å². The first-order chi connectivity index (χ1) is 8.74. The Kier molecular flexibility index (Phi) is 3.99. The maximum absolute atomic E-state index is 12.5. The van der Waals surface area contributed by atoms with Crippen molar-refractivity contribution in [2.75, 3.05) is 6.54 Å². The first kappa shape index (κ1) is 12.6. The van der Waals surface area contributed by atoms with Crippen molar-refractivity contribution in [1.29, 1.82) is 5.26 Å². The van der Waals surface area contributed by atoms with Crippen molar-refractivity contribution in [1.82, 2.24) is 4.90 Å². The highest BCUT2D eigenvalue weighted by Crippen LogP contribution is 2.25. The number of carbonyl (C=O) groups is 1. The molecule has 3 nitrogen and oxygen atoms in total. The summed E-state index contributed by atoms with van der Waals surface area (Å²) in [7, 11) is 0. The predicted octanol–water partition coefficient (Wildman–Crippen LogP) is 2.90. The second-order valence-electron chi connectivity index (χ2n) is 4.84. The van der Waals surface area contributed by atoms with Crippen molar-refractivity contribution in [3.05, 3.63) is 35.4 Å². The van der Waals surface area contributed by atoms with Crippen molar-refractivity contribution in [2.24, 2.45) is 0 Å². The Labute approximate surface area is 108 Å². The second-order valence-corrected chi connectivity index (χ2v) is 4.84. The summed E-state index contributed by atoms with van der Waals surface area (Å²) < 4.78 is 0. The van der Waals surface area contributed by atoms with Gasteiger partial charge in [-0.05, 0) is 31.4 Å². The highest BCUT2D eigenvalue weighted by Gasteiger charge is 2.27. The number of rotatable bonds is 3. The number of nitriles is 1. The van der Waals surface area contributed by atoms with Crippen LogP contribution in [0.4, 0.5) is 0 Å². The average Bonchev–Trinajstić information content (AvgIpc) is 2.89. The number of benzene rings is 1. The molecule has 0 spiro atoms. The molecular formula is C15H18N2O. The van der Waals surface area contributed by atoms with Gasteiger partial charge in [0.25, 0.3) is 5.91 Å². The summed E-state index contributed by atoms with van der Waals surface area (Å²) in [5, 5.41) is 8.92. The van der Waals surface area contributed by atoms with Crippen molar-refractivity contribution in [2.45, 2.75) is 38.6 Å². The van der Waals surface area contributed by atoms with Crippen LogP contribution < -0.4 is 0 Å². The van der Waals surface area contributed by atoms with E-state index in [4.69, 9.17) is 5.26 Å². The van der Waals surface area contributed by atoms with Gasteiger partial charge in [0.15, 0.2) is 0 Å². The van der Waals surface area contributed by atoms with Gasteiger partial charge in [-0.2, -0.15) is 5.26 Å². The molecule has 1 aliphatic rings. The molecule has 0 aliphatic heterocycles. The first-order valence-electron chi connectivity index (χ1n) is 6.47. The Morgan fingerprint density at radius 1 is 1.39 bits per heavy atom. The highest BCUT2D eigenvalue weighted by atomic mass is 16.2. The summed E-state index contributed by atoms with van der Waals surface area (Å²) in [6, 6.07) is 9.95. The van der Waals surface area contributed by atoms with Crippen LogP contribution in [0.15, 0.2) is 24.3 Å². The molecule has 18 heavy (non-hydrogen) atoms. The van der Waals surface area contributed by atoms with Gasteiger partial charge in [0.2, 0.25) is 0 Å². The third-order valence-corrected chi connectivity index (χ3v) is 3.64. The summed E-state index contributed by atoms with van der Waals surface area (Å²) in [4.78, 5) is 14.3. The molecule has 0 bridgehead atoms. The predicted molar refractivity (Wildman–Crippen MR) is 70.1 cm³/mol. The van der Waals surface area contributed by atoms with Crippen LogP contribution in [0.3, 0.4) is 0 Å². The van der Waals surface area contributed by atoms with E-state index in [9.17, 15) is 4.79 Å². The van der Waals surface area contributed by atoms with Crippen LogP contribution in [-0.2, 0) is 0 Å². The third kappa shape index (κ3) is 2.53. The molecule has 1 amide bonds. The second kappa shape index (κ2) is 5.68. The lowest BCUT2D eigenvalue weighted by Gasteiger charge is -2.27. The lowest BCUT2D eigenvalue weighted by atomic mass is 10.1. The van der Waals surface area contributed by atoms with Crippen molar-refractivity contribution >= 4 is 5.91 Å². The van der Waals surface area contributed by atoms with Gasteiger partial charge in [0.05, 0.1) is 6.07 Å². The number of aryl methyl sites for hydroxylation is 1. The van der Waals surface area contributed by atoms with Gasteiger partial charge >= 0.3 is 0 Å². The van der Waals surface area contributed by atoms with E-state index in [-0.39, 0.29) is 18.5 Å². The van der Waals surface area contributed by atoms with E-state index in [0.29, 0.717) is 0 Å². The summed E-state index contributed by atoms with van der Waals surface area (Å²) in [6.07, 6.45) is 4.37. The molecule has 1 aliphatic carbocycles. The Hall–Kier alpha value is -1.82. The largest absolute Gasteiger partial charge is 0.322 e. The molecular weight excluding hydrogens is 224 g/mol. The summed E-state index contributed by atoms with van der Waals surface area (Å²) in [5.41, 5.74) is 1.70. The highest BCUT2D eigenvalue weighted by molar-refractivity contribution is 5.96. The van der Waals surface area contributed by atoms with Crippen LogP contribution in [0, 0.1) is 18.3 Å². The Morgan fingerprint density at radius 2 is 2.06 bits per heavy atom. The molecule has 0 atom stereocenters. The van der Waals surface area contributed by atoms with Crippen molar-refractivity contribution in [3.63, 3.8) is 0 Å². The standard InChI is InChI=1S/C15H18N2O/c1-12-6-2-5-9-14(12)15(18)17(11-10-16)13-7-3-4-8-13/h2,5-6,9,13H,3-4,7-8,11H2,1H3. The molecule has 2 rings (SSSR count). The Morgan fingerprint density at radius 3 is 2.67 bits per heavy atom. The number of hydrogen-bond acceptors (Lipinski definition) is 2. The lowest BCUT2D eigenvalue weighted by molar-refractivity contribution is 0.0708. The van der Waals surface area contributed by atoms with E-state index >= 15 is 0 Å². The van der Waals surface area contributed by atoms with Gasteiger partial charge in [-0.3, -0.25) is 4.79 Å². The van der Waals surface area contributed by atoms with Gasteiger partial charge < -0.3 is 4.90 Å². The maximum atomic E-state index is 12.5. The fourth-order valence-electron chi connectivity index (χ4n) is 2.63. The van der Waals surface area contributed by atoms with Crippen LogP contribution in [0.2, 0.25) is 0 Å². The molecule has 3 heteroatoms. The molecule has 0 radical (unpaired) electrons. The molecule has 0 saturated heterocycles. The van der Waals surface area contributed by atoms with Crippen LogP contribution in [0.25, 0.3) is 0 Å². The van der Waals surface area contributed by atoms with Crippen molar-refractivity contribution in [3.8, 4) is 6.07 Å². The van der Waals surface area contributed by atoms with Gasteiger partial charge in [0.1, 0.15) is 6.54 Å². The van der Waals surface area contributed by atoms with Crippen molar-refractivity contribution < 1.29 is 4.79 Å². The van der Waals surface area contributed by atoms with E-state index in [1.807, 2.05) is 31.2 Å². The fourth-order valence-corrected chi connectivity index (χ4v) is 2.63. The Bertz CT molecular complexity index is 470. The molecule has 94 valence electrons. The number of hydrogen-bond donors (Lipinski definition) is 0. The SMILES string of the molecule is Cc1ccccc1C(=O)N(CC#N)C1CCCC1. The monoisotopic (exact) mass is 242 g/mol. The van der Waals surface area contributed by atoms with E-state index < -0.39 is 0 Å². The van der Waals surface area contributed by atoms with E-state index in [1.165, 1.54) is 0 Å². The Balaban J connectivity index is 2.23. The zero-order valence-electron chi connectivity index (χ0n) is 10.7. The molecule has 1 fully saturated rings. The molecule has 0 unspecified atom stereocenters. The smallest absolute Gasteiger partial charge is 0.255 e. The van der Waals surface area contributed by atoms with Gasteiger partial charge in [0, 0.05) is 11.6 Å². The van der Waals surface area contributed by atoms with Gasteiger partial charge in [-0.25, -0.2) is 0 Å². The normalized spacial score (nSPS) is 15.3. The minimum Gasteiger partial charge on any atom is -0.322 e. The van der Waals surface area contributed by atoms with E-state index in [0.717, 1.165) is 36.8 Å². The molecule has 1 aromatic rings. The third-order valence-electron chi connectivity index (χ3n) is 3.64. The molecule has 0 aromatic heterocycles. The quantitative estimate of drug-likeness (QED) is 0.765. The molecule has 1 aromatic carbocycles. The molecule has 0 N–H and O–H groups in total. The average molecular weight is 242 g/mol. The summed E-state index contributed by atoms with van der Waals surface area (Å²) in [5.74, 6) is 0.00144. The van der Waals surface area contributed by atoms with E-state index in [1.54, 1.807) is 4.90 Å². The zero-order chi connectivity index (χ0) is 13.0. The maximum Gasteiger partial charge on any atom is 0.255 e. The van der Waals surface area contributed by atoms with Gasteiger partial charge in [-0.1, -0.05) is 31.0 Å².